The number of rotatable bonds is 3. The minimum absolute atomic E-state index is 0.463. The first-order valence-corrected chi connectivity index (χ1v) is 8.37. The molecular weight excluding hydrogens is 260 g/mol. The summed E-state index contributed by atoms with van der Waals surface area (Å²) in [5, 5.41) is 3.71. The number of hydrogen-bond donors (Lipinski definition) is 1. The molecule has 0 aromatic heterocycles. The summed E-state index contributed by atoms with van der Waals surface area (Å²) in [5.74, 6) is 0.788. The maximum atomic E-state index is 5.52. The lowest BCUT2D eigenvalue weighted by Crippen LogP contribution is -2.56. The topological polar surface area (TPSA) is 24.5 Å². The van der Waals surface area contributed by atoms with Gasteiger partial charge in [0.25, 0.3) is 0 Å². The van der Waals surface area contributed by atoms with Gasteiger partial charge in [-0.1, -0.05) is 30.3 Å². The highest BCUT2D eigenvalue weighted by Gasteiger charge is 2.33. The molecule has 0 amide bonds. The van der Waals surface area contributed by atoms with E-state index >= 15 is 0 Å². The van der Waals surface area contributed by atoms with E-state index in [1.807, 2.05) is 0 Å². The highest BCUT2D eigenvalue weighted by Crippen LogP contribution is 2.28. The molecule has 3 unspecified atom stereocenters. The molecule has 2 aliphatic rings. The molecule has 1 aromatic carbocycles. The Kier molecular flexibility index (Phi) is 4.94. The van der Waals surface area contributed by atoms with Crippen molar-refractivity contribution in [1.82, 2.24) is 10.2 Å². The van der Waals surface area contributed by atoms with Crippen molar-refractivity contribution in [1.29, 1.82) is 0 Å². The lowest BCUT2D eigenvalue weighted by Gasteiger charge is -2.45. The van der Waals surface area contributed by atoms with Crippen molar-refractivity contribution in [2.75, 3.05) is 26.3 Å². The second-order valence-electron chi connectivity index (χ2n) is 6.61. The molecule has 2 saturated heterocycles. The summed E-state index contributed by atoms with van der Waals surface area (Å²) in [6, 6.07) is 12.6. The zero-order valence-electron chi connectivity index (χ0n) is 13.3. The third-order valence-corrected chi connectivity index (χ3v) is 5.29. The molecule has 21 heavy (non-hydrogen) atoms. The van der Waals surface area contributed by atoms with Crippen LogP contribution in [0.15, 0.2) is 30.3 Å². The first kappa shape index (κ1) is 15.0. The van der Waals surface area contributed by atoms with Gasteiger partial charge in [0.05, 0.1) is 0 Å². The largest absolute Gasteiger partial charge is 0.381 e. The Morgan fingerprint density at radius 2 is 1.90 bits per heavy atom. The van der Waals surface area contributed by atoms with E-state index in [-0.39, 0.29) is 0 Å². The van der Waals surface area contributed by atoms with Crippen molar-refractivity contribution in [3.63, 3.8) is 0 Å². The van der Waals surface area contributed by atoms with Crippen molar-refractivity contribution in [3.8, 4) is 0 Å². The van der Waals surface area contributed by atoms with Crippen LogP contribution in [0.3, 0.4) is 0 Å². The maximum Gasteiger partial charge on any atom is 0.0469 e. The van der Waals surface area contributed by atoms with E-state index in [1.54, 1.807) is 0 Å². The van der Waals surface area contributed by atoms with E-state index in [2.05, 4.69) is 54.4 Å². The van der Waals surface area contributed by atoms with E-state index in [1.165, 1.54) is 18.4 Å². The number of nitrogens with zero attached hydrogens (tertiary/aromatic N) is 1. The molecule has 2 heterocycles. The van der Waals surface area contributed by atoms with Gasteiger partial charge in [-0.3, -0.25) is 4.90 Å². The van der Waals surface area contributed by atoms with Crippen molar-refractivity contribution in [3.05, 3.63) is 35.9 Å². The van der Waals surface area contributed by atoms with Gasteiger partial charge in [-0.15, -0.1) is 0 Å². The fourth-order valence-corrected chi connectivity index (χ4v) is 3.83. The summed E-state index contributed by atoms with van der Waals surface area (Å²) >= 11 is 0. The van der Waals surface area contributed by atoms with Gasteiger partial charge in [0, 0.05) is 44.4 Å². The van der Waals surface area contributed by atoms with Gasteiger partial charge in [-0.05, 0) is 38.2 Å². The van der Waals surface area contributed by atoms with Crippen LogP contribution in [0.1, 0.15) is 38.3 Å². The van der Waals surface area contributed by atoms with E-state index in [9.17, 15) is 0 Å². The molecule has 116 valence electrons. The Morgan fingerprint density at radius 1 is 1.19 bits per heavy atom. The Labute approximate surface area is 128 Å². The fourth-order valence-electron chi connectivity index (χ4n) is 3.83. The van der Waals surface area contributed by atoms with Crippen LogP contribution in [0.5, 0.6) is 0 Å². The zero-order chi connectivity index (χ0) is 14.7. The van der Waals surface area contributed by atoms with Crippen molar-refractivity contribution in [2.24, 2.45) is 5.92 Å². The van der Waals surface area contributed by atoms with Crippen LogP contribution in [0.4, 0.5) is 0 Å². The first-order valence-electron chi connectivity index (χ1n) is 8.37. The summed E-state index contributed by atoms with van der Waals surface area (Å²) in [7, 11) is 0. The van der Waals surface area contributed by atoms with Crippen LogP contribution in [-0.2, 0) is 4.74 Å². The molecule has 3 heteroatoms. The van der Waals surface area contributed by atoms with Gasteiger partial charge in [-0.25, -0.2) is 0 Å². The average Bonchev–Trinajstić information content (AvgIpc) is 2.56. The molecule has 0 saturated carbocycles. The third kappa shape index (κ3) is 3.47. The molecular formula is C18H28N2O. The van der Waals surface area contributed by atoms with E-state index in [0.717, 1.165) is 32.2 Å². The van der Waals surface area contributed by atoms with Crippen LogP contribution in [0.2, 0.25) is 0 Å². The molecule has 0 radical (unpaired) electrons. The minimum Gasteiger partial charge on any atom is -0.381 e. The Morgan fingerprint density at radius 3 is 2.62 bits per heavy atom. The van der Waals surface area contributed by atoms with E-state index in [4.69, 9.17) is 4.74 Å². The average molecular weight is 288 g/mol. The standard InChI is InChI=1S/C18H28N2O/c1-14-12-19-18(17-6-4-3-5-7-17)13-20(14)15(2)16-8-10-21-11-9-16/h3-7,14-16,18-19H,8-13H2,1-2H3. The number of ether oxygens (including phenoxy) is 1. The van der Waals surface area contributed by atoms with Gasteiger partial charge < -0.3 is 10.1 Å². The number of benzene rings is 1. The quantitative estimate of drug-likeness (QED) is 0.925. The molecule has 2 fully saturated rings. The van der Waals surface area contributed by atoms with Gasteiger partial charge in [0.2, 0.25) is 0 Å². The van der Waals surface area contributed by atoms with E-state index in [0.29, 0.717) is 18.1 Å². The minimum atomic E-state index is 0.463. The monoisotopic (exact) mass is 288 g/mol. The molecule has 2 aliphatic heterocycles. The van der Waals surface area contributed by atoms with Crippen LogP contribution >= 0.6 is 0 Å². The summed E-state index contributed by atoms with van der Waals surface area (Å²) in [4.78, 5) is 2.71. The number of nitrogens with one attached hydrogen (secondary N) is 1. The normalized spacial score (nSPS) is 30.2. The predicted octanol–water partition coefficient (Wildman–Crippen LogP) is 2.84. The molecule has 3 atom stereocenters. The second-order valence-corrected chi connectivity index (χ2v) is 6.61. The Bertz CT molecular complexity index is 430. The van der Waals surface area contributed by atoms with Crippen molar-refractivity contribution in [2.45, 2.75) is 44.8 Å². The van der Waals surface area contributed by atoms with Crippen LogP contribution in [-0.4, -0.2) is 43.3 Å². The van der Waals surface area contributed by atoms with Crippen LogP contribution in [0, 0.1) is 5.92 Å². The molecule has 0 aliphatic carbocycles. The summed E-state index contributed by atoms with van der Waals surface area (Å²) in [6.07, 6.45) is 2.43. The molecule has 1 N–H and O–H groups in total. The van der Waals surface area contributed by atoms with Gasteiger partial charge in [0.15, 0.2) is 0 Å². The van der Waals surface area contributed by atoms with Crippen molar-refractivity contribution < 1.29 is 4.74 Å². The van der Waals surface area contributed by atoms with Gasteiger partial charge in [-0.2, -0.15) is 0 Å². The number of piperazine rings is 1. The second kappa shape index (κ2) is 6.91. The molecule has 1 aromatic rings. The molecule has 3 rings (SSSR count). The lowest BCUT2D eigenvalue weighted by molar-refractivity contribution is 0.00715. The molecule has 0 spiro atoms. The van der Waals surface area contributed by atoms with Crippen LogP contribution < -0.4 is 5.32 Å². The molecule has 3 nitrogen and oxygen atoms in total. The van der Waals surface area contributed by atoms with Gasteiger partial charge in [0.1, 0.15) is 0 Å². The summed E-state index contributed by atoms with van der Waals surface area (Å²) in [5.41, 5.74) is 1.41. The highest BCUT2D eigenvalue weighted by molar-refractivity contribution is 5.20. The maximum absolute atomic E-state index is 5.52. The lowest BCUT2D eigenvalue weighted by atomic mass is 9.89. The fraction of sp³-hybridized carbons (Fsp3) is 0.667. The highest BCUT2D eigenvalue weighted by atomic mass is 16.5. The zero-order valence-corrected chi connectivity index (χ0v) is 13.3. The van der Waals surface area contributed by atoms with Crippen LogP contribution in [0.25, 0.3) is 0 Å². The number of hydrogen-bond acceptors (Lipinski definition) is 3. The summed E-state index contributed by atoms with van der Waals surface area (Å²) in [6.45, 7) is 8.84. The van der Waals surface area contributed by atoms with Crippen molar-refractivity contribution >= 4 is 0 Å². The molecule has 0 bridgehead atoms. The summed E-state index contributed by atoms with van der Waals surface area (Å²) < 4.78 is 5.52. The Hall–Kier alpha value is -0.900. The predicted molar refractivity (Wildman–Crippen MR) is 86.4 cm³/mol. The smallest absolute Gasteiger partial charge is 0.0469 e. The Balaban J connectivity index is 1.68. The third-order valence-electron chi connectivity index (χ3n) is 5.29. The SMILES string of the molecule is CC1CNC(c2ccccc2)CN1C(C)C1CCOCC1. The first-order chi connectivity index (χ1) is 10.3. The van der Waals surface area contributed by atoms with Gasteiger partial charge >= 0.3 is 0 Å². The van der Waals surface area contributed by atoms with E-state index < -0.39 is 0 Å².